The first-order chi connectivity index (χ1) is 10.5. The number of nitrogens with one attached hydrogen (secondary N) is 2. The molecule has 0 saturated heterocycles. The Labute approximate surface area is 132 Å². The molecule has 128 valence electrons. The van der Waals surface area contributed by atoms with E-state index in [4.69, 9.17) is 15.3 Å². The van der Waals surface area contributed by atoms with Gasteiger partial charge in [0.25, 0.3) is 15.9 Å². The van der Waals surface area contributed by atoms with Gasteiger partial charge in [0.1, 0.15) is 6.04 Å². The van der Waals surface area contributed by atoms with Crippen molar-refractivity contribution in [3.63, 3.8) is 0 Å². The number of hydrogen-bond donors (Lipinski definition) is 4. The molecule has 1 heterocycles. The minimum Gasteiger partial charge on any atom is -0.480 e. The van der Waals surface area contributed by atoms with Crippen molar-refractivity contribution in [2.75, 3.05) is 6.54 Å². The Bertz CT molecular complexity index is 708. The number of carbonyl (C=O) groups is 3. The number of carbonyl (C=O) groups excluding carboxylic acids is 2. The van der Waals surface area contributed by atoms with E-state index < -0.39 is 45.5 Å². The number of amides is 2. The van der Waals surface area contributed by atoms with Gasteiger partial charge in [-0.25, -0.2) is 13.2 Å². The lowest BCUT2D eigenvalue weighted by Gasteiger charge is -2.16. The second-order valence-electron chi connectivity index (χ2n) is 4.94. The van der Waals surface area contributed by atoms with Crippen LogP contribution < -0.4 is 15.8 Å². The quantitative estimate of drug-likeness (QED) is 0.461. The molecule has 1 aromatic heterocycles. The molecule has 1 atom stereocenters. The lowest BCUT2D eigenvalue weighted by atomic mass is 10.0. The van der Waals surface area contributed by atoms with Crippen LogP contribution in [0.15, 0.2) is 21.6 Å². The summed E-state index contributed by atoms with van der Waals surface area (Å²) in [5.41, 5.74) is 4.83. The number of nitrogens with two attached hydrogens (primary N) is 1. The molecule has 0 radical (unpaired) electrons. The van der Waals surface area contributed by atoms with E-state index in [0.29, 0.717) is 0 Å². The Hall–Kier alpha value is -2.40. The topological polar surface area (TPSA) is 169 Å². The van der Waals surface area contributed by atoms with Crippen LogP contribution in [-0.4, -0.2) is 43.9 Å². The van der Waals surface area contributed by atoms with Crippen LogP contribution in [-0.2, 0) is 19.6 Å². The molecule has 0 aliphatic rings. The molecule has 2 amide bonds. The maximum absolute atomic E-state index is 11.9. The standard InChI is InChI=1S/C12H17N3O7S/c1-6(2)10(12(18)19)15-11(17)7-3-4-9(22-7)23(20,21)14-5-8(13)16/h3-4,6,10,14H,5H2,1-2H3,(H2,13,16)(H,15,17)(H,18,19)/t10-/m1/s1. The monoisotopic (exact) mass is 347 g/mol. The highest BCUT2D eigenvalue weighted by molar-refractivity contribution is 7.89. The molecule has 0 fully saturated rings. The van der Waals surface area contributed by atoms with Crippen molar-refractivity contribution < 1.29 is 32.3 Å². The SMILES string of the molecule is CC(C)[C@@H](NC(=O)c1ccc(S(=O)(=O)NCC(N)=O)o1)C(=O)O. The van der Waals surface area contributed by atoms with Gasteiger partial charge in [-0.2, -0.15) is 4.72 Å². The van der Waals surface area contributed by atoms with Crippen molar-refractivity contribution in [3.8, 4) is 0 Å². The summed E-state index contributed by atoms with van der Waals surface area (Å²) in [6, 6.07) is 0.928. The summed E-state index contributed by atoms with van der Waals surface area (Å²) in [6.07, 6.45) is 0. The van der Waals surface area contributed by atoms with Gasteiger partial charge in [0, 0.05) is 0 Å². The number of rotatable bonds is 8. The zero-order valence-corrected chi connectivity index (χ0v) is 13.2. The Morgan fingerprint density at radius 1 is 1.30 bits per heavy atom. The van der Waals surface area contributed by atoms with Crippen LogP contribution in [0.5, 0.6) is 0 Å². The van der Waals surface area contributed by atoms with Crippen molar-refractivity contribution in [1.29, 1.82) is 0 Å². The Kier molecular flexibility index (Phi) is 5.87. The van der Waals surface area contributed by atoms with Crippen LogP contribution >= 0.6 is 0 Å². The van der Waals surface area contributed by atoms with Gasteiger partial charge in [0.2, 0.25) is 11.0 Å². The van der Waals surface area contributed by atoms with Gasteiger partial charge in [-0.05, 0) is 18.1 Å². The largest absolute Gasteiger partial charge is 0.480 e. The minimum atomic E-state index is -4.14. The van der Waals surface area contributed by atoms with Crippen LogP contribution in [0.2, 0.25) is 0 Å². The molecule has 10 nitrogen and oxygen atoms in total. The van der Waals surface area contributed by atoms with Gasteiger partial charge < -0.3 is 20.6 Å². The Morgan fingerprint density at radius 3 is 2.39 bits per heavy atom. The third kappa shape index (κ3) is 5.07. The van der Waals surface area contributed by atoms with E-state index in [1.54, 1.807) is 13.8 Å². The molecule has 1 aromatic rings. The lowest BCUT2D eigenvalue weighted by molar-refractivity contribution is -0.140. The van der Waals surface area contributed by atoms with E-state index >= 15 is 0 Å². The second-order valence-corrected chi connectivity index (χ2v) is 6.64. The number of furan rings is 1. The second kappa shape index (κ2) is 7.24. The maximum Gasteiger partial charge on any atom is 0.326 e. The molecule has 1 rings (SSSR count). The van der Waals surface area contributed by atoms with Gasteiger partial charge in [0.05, 0.1) is 6.54 Å². The van der Waals surface area contributed by atoms with Gasteiger partial charge in [-0.15, -0.1) is 0 Å². The molecular weight excluding hydrogens is 330 g/mol. The van der Waals surface area contributed by atoms with Crippen molar-refractivity contribution in [2.45, 2.75) is 25.0 Å². The summed E-state index contributed by atoms with van der Waals surface area (Å²) < 4.78 is 30.3. The molecule has 0 bridgehead atoms. The fourth-order valence-electron chi connectivity index (χ4n) is 1.55. The fourth-order valence-corrected chi connectivity index (χ4v) is 2.47. The van der Waals surface area contributed by atoms with E-state index in [1.807, 2.05) is 4.72 Å². The van der Waals surface area contributed by atoms with E-state index in [-0.39, 0.29) is 11.7 Å². The zero-order chi connectivity index (χ0) is 17.8. The summed E-state index contributed by atoms with van der Waals surface area (Å²) in [4.78, 5) is 33.5. The van der Waals surface area contributed by atoms with Crippen molar-refractivity contribution in [1.82, 2.24) is 10.0 Å². The first-order valence-corrected chi connectivity index (χ1v) is 7.94. The van der Waals surface area contributed by atoms with Crippen molar-refractivity contribution in [3.05, 3.63) is 17.9 Å². The lowest BCUT2D eigenvalue weighted by Crippen LogP contribution is -2.44. The number of hydrogen-bond acceptors (Lipinski definition) is 6. The number of sulfonamides is 1. The first-order valence-electron chi connectivity index (χ1n) is 6.46. The summed E-state index contributed by atoms with van der Waals surface area (Å²) in [6.45, 7) is 2.58. The van der Waals surface area contributed by atoms with Gasteiger partial charge in [-0.1, -0.05) is 13.8 Å². The Balaban J connectivity index is 2.89. The minimum absolute atomic E-state index is 0.378. The highest BCUT2D eigenvalue weighted by atomic mass is 32.2. The highest BCUT2D eigenvalue weighted by Gasteiger charge is 2.27. The van der Waals surface area contributed by atoms with E-state index in [1.165, 1.54) is 0 Å². The van der Waals surface area contributed by atoms with E-state index in [0.717, 1.165) is 12.1 Å². The van der Waals surface area contributed by atoms with Gasteiger partial charge in [0.15, 0.2) is 5.76 Å². The van der Waals surface area contributed by atoms with Crippen LogP contribution in [0.4, 0.5) is 0 Å². The van der Waals surface area contributed by atoms with Crippen molar-refractivity contribution in [2.24, 2.45) is 11.7 Å². The average Bonchev–Trinajstić information content (AvgIpc) is 2.92. The third-order valence-corrected chi connectivity index (χ3v) is 4.00. The number of aliphatic carboxylic acids is 1. The molecule has 0 aliphatic carbocycles. The third-order valence-electron chi connectivity index (χ3n) is 2.73. The molecule has 0 spiro atoms. The van der Waals surface area contributed by atoms with Crippen LogP contribution in [0.1, 0.15) is 24.4 Å². The summed E-state index contributed by atoms with van der Waals surface area (Å²) in [7, 11) is -4.14. The van der Waals surface area contributed by atoms with Crippen LogP contribution in [0, 0.1) is 5.92 Å². The fraction of sp³-hybridized carbons (Fsp3) is 0.417. The molecule has 0 unspecified atom stereocenters. The number of carboxylic acid groups (broad SMARTS) is 1. The zero-order valence-electron chi connectivity index (χ0n) is 12.4. The maximum atomic E-state index is 11.9. The highest BCUT2D eigenvalue weighted by Crippen LogP contribution is 2.14. The van der Waals surface area contributed by atoms with Gasteiger partial charge in [-0.3, -0.25) is 9.59 Å². The average molecular weight is 347 g/mol. The molecule has 0 aliphatic heterocycles. The van der Waals surface area contributed by atoms with Crippen LogP contribution in [0.3, 0.4) is 0 Å². The summed E-state index contributed by atoms with van der Waals surface area (Å²) in [5.74, 6) is -3.75. The van der Waals surface area contributed by atoms with Gasteiger partial charge >= 0.3 is 5.97 Å². The Morgan fingerprint density at radius 2 is 1.91 bits per heavy atom. The molecular formula is C12H17N3O7S. The smallest absolute Gasteiger partial charge is 0.326 e. The predicted molar refractivity (Wildman–Crippen MR) is 76.8 cm³/mol. The van der Waals surface area contributed by atoms with E-state index in [9.17, 15) is 22.8 Å². The summed E-state index contributed by atoms with van der Waals surface area (Å²) in [5, 5.41) is 10.6. The first kappa shape index (κ1) is 18.6. The van der Waals surface area contributed by atoms with Crippen molar-refractivity contribution >= 4 is 27.8 Å². The molecule has 11 heteroatoms. The summed E-state index contributed by atoms with van der Waals surface area (Å²) >= 11 is 0. The molecule has 0 saturated carbocycles. The van der Waals surface area contributed by atoms with E-state index in [2.05, 4.69) is 5.32 Å². The molecule has 0 aromatic carbocycles. The molecule has 5 N–H and O–H groups in total. The normalized spacial score (nSPS) is 12.8. The number of carboxylic acids is 1. The number of primary amides is 1. The molecule has 23 heavy (non-hydrogen) atoms. The predicted octanol–water partition coefficient (Wildman–Crippen LogP) is -1.12. The van der Waals surface area contributed by atoms with Crippen LogP contribution in [0.25, 0.3) is 0 Å².